The second-order valence-corrected chi connectivity index (χ2v) is 8.65. The molecule has 4 rings (SSSR count). The molecule has 3 aliphatic rings. The predicted molar refractivity (Wildman–Crippen MR) is 121 cm³/mol. The van der Waals surface area contributed by atoms with Crippen molar-refractivity contribution in [1.29, 1.82) is 0 Å². The highest BCUT2D eigenvalue weighted by molar-refractivity contribution is 6.04. The lowest BCUT2D eigenvalue weighted by Gasteiger charge is -2.41. The van der Waals surface area contributed by atoms with Crippen molar-refractivity contribution in [2.75, 3.05) is 60.5 Å². The molecule has 2 saturated heterocycles. The average molecular weight is 444 g/mol. The largest absolute Gasteiger partial charge is 0.493 e. The van der Waals surface area contributed by atoms with Gasteiger partial charge < -0.3 is 24.2 Å². The summed E-state index contributed by atoms with van der Waals surface area (Å²) in [5.74, 6) is 1.36. The maximum atomic E-state index is 12.9. The Balaban J connectivity index is 1.41. The zero-order valence-electron chi connectivity index (χ0n) is 19.2. The van der Waals surface area contributed by atoms with E-state index in [9.17, 15) is 9.59 Å². The molecule has 0 aromatic heterocycles. The van der Waals surface area contributed by atoms with E-state index in [0.29, 0.717) is 37.4 Å². The standard InChI is InChI=1S/C23H33N5O4/c1-25-12-14-27(15-13-25)23(30)26-10-8-18(9-11-26)28-22(29)7-5-19(24-28)17-4-6-20(31-2)21(16-17)32-3/h4,6,16,18H,5,7-15H2,1-3H3. The Hall–Kier alpha value is -2.81. The number of urea groups is 1. The van der Waals surface area contributed by atoms with Gasteiger partial charge in [0.25, 0.3) is 0 Å². The fraction of sp³-hybridized carbons (Fsp3) is 0.609. The summed E-state index contributed by atoms with van der Waals surface area (Å²) in [4.78, 5) is 31.6. The van der Waals surface area contributed by atoms with Gasteiger partial charge in [0.2, 0.25) is 5.91 Å². The number of hydrogen-bond donors (Lipinski definition) is 0. The SMILES string of the molecule is COc1ccc(C2=NN(C3CCN(C(=O)N4CCN(C)CC4)CC3)C(=O)CC2)cc1OC. The Morgan fingerprint density at radius 3 is 2.25 bits per heavy atom. The predicted octanol–water partition coefficient (Wildman–Crippen LogP) is 1.86. The topological polar surface area (TPSA) is 77.9 Å². The van der Waals surface area contributed by atoms with E-state index in [1.807, 2.05) is 28.0 Å². The molecule has 9 heteroatoms. The first-order valence-corrected chi connectivity index (χ1v) is 11.3. The Bertz CT molecular complexity index is 873. The lowest BCUT2D eigenvalue weighted by molar-refractivity contribution is -0.135. The fourth-order valence-corrected chi connectivity index (χ4v) is 4.58. The number of benzene rings is 1. The second-order valence-electron chi connectivity index (χ2n) is 8.65. The molecule has 3 aliphatic heterocycles. The first-order valence-electron chi connectivity index (χ1n) is 11.3. The van der Waals surface area contributed by atoms with Crippen LogP contribution in [-0.4, -0.2) is 104 Å². The summed E-state index contributed by atoms with van der Waals surface area (Å²) in [7, 11) is 5.30. The zero-order chi connectivity index (χ0) is 22.7. The van der Waals surface area contributed by atoms with E-state index >= 15 is 0 Å². The minimum absolute atomic E-state index is 0.0227. The summed E-state index contributed by atoms with van der Waals surface area (Å²) in [6.45, 7) is 4.69. The summed E-state index contributed by atoms with van der Waals surface area (Å²) in [5.41, 5.74) is 1.81. The van der Waals surface area contributed by atoms with Crippen LogP contribution in [0.3, 0.4) is 0 Å². The number of amides is 3. The van der Waals surface area contributed by atoms with E-state index in [0.717, 1.165) is 50.3 Å². The van der Waals surface area contributed by atoms with Crippen LogP contribution in [0.25, 0.3) is 0 Å². The monoisotopic (exact) mass is 443 g/mol. The van der Waals surface area contributed by atoms with Crippen LogP contribution in [0.1, 0.15) is 31.2 Å². The Morgan fingerprint density at radius 2 is 1.59 bits per heavy atom. The van der Waals surface area contributed by atoms with Gasteiger partial charge in [0.05, 0.1) is 26.0 Å². The molecule has 3 amide bonds. The van der Waals surface area contributed by atoms with Crippen LogP contribution in [-0.2, 0) is 4.79 Å². The molecule has 0 spiro atoms. The van der Waals surface area contributed by atoms with E-state index in [4.69, 9.17) is 14.6 Å². The minimum atomic E-state index is 0.0227. The molecule has 0 bridgehead atoms. The molecule has 1 aromatic carbocycles. The van der Waals surface area contributed by atoms with Gasteiger partial charge in [-0.3, -0.25) is 4.79 Å². The molecule has 32 heavy (non-hydrogen) atoms. The summed E-state index contributed by atoms with van der Waals surface area (Å²) < 4.78 is 10.7. The number of ether oxygens (including phenoxy) is 2. The van der Waals surface area contributed by atoms with E-state index < -0.39 is 0 Å². The first-order chi connectivity index (χ1) is 15.5. The maximum absolute atomic E-state index is 12.9. The van der Waals surface area contributed by atoms with Crippen LogP contribution in [0.2, 0.25) is 0 Å². The van der Waals surface area contributed by atoms with Gasteiger partial charge in [-0.1, -0.05) is 0 Å². The average Bonchev–Trinajstić information content (AvgIpc) is 2.84. The van der Waals surface area contributed by atoms with Crippen molar-refractivity contribution in [3.8, 4) is 11.5 Å². The summed E-state index contributed by atoms with van der Waals surface area (Å²) in [6.07, 6.45) is 2.53. The normalized spacial score (nSPS) is 20.9. The number of hydrogen-bond acceptors (Lipinski definition) is 6. The van der Waals surface area contributed by atoms with Crippen molar-refractivity contribution < 1.29 is 19.1 Å². The van der Waals surface area contributed by atoms with Crippen molar-refractivity contribution >= 4 is 17.6 Å². The third-order valence-corrected chi connectivity index (χ3v) is 6.63. The second kappa shape index (κ2) is 9.77. The number of hydrazone groups is 1. The maximum Gasteiger partial charge on any atom is 0.320 e. The van der Waals surface area contributed by atoms with Crippen molar-refractivity contribution in [1.82, 2.24) is 19.7 Å². The molecule has 2 fully saturated rings. The van der Waals surface area contributed by atoms with Crippen LogP contribution in [0.15, 0.2) is 23.3 Å². The highest BCUT2D eigenvalue weighted by atomic mass is 16.5. The van der Waals surface area contributed by atoms with Crippen LogP contribution in [0.4, 0.5) is 4.79 Å². The molecule has 0 atom stereocenters. The van der Waals surface area contributed by atoms with E-state index in [1.54, 1.807) is 19.2 Å². The number of methoxy groups -OCH3 is 2. The summed E-state index contributed by atoms with van der Waals surface area (Å²) in [5, 5.41) is 6.40. The molecule has 3 heterocycles. The van der Waals surface area contributed by atoms with Gasteiger partial charge >= 0.3 is 6.03 Å². The lowest BCUT2D eigenvalue weighted by Crippen LogP contribution is -2.55. The van der Waals surface area contributed by atoms with E-state index in [2.05, 4.69) is 11.9 Å². The minimum Gasteiger partial charge on any atom is -0.493 e. The van der Waals surface area contributed by atoms with Crippen LogP contribution < -0.4 is 9.47 Å². The highest BCUT2D eigenvalue weighted by Gasteiger charge is 2.34. The van der Waals surface area contributed by atoms with Crippen molar-refractivity contribution in [2.45, 2.75) is 31.7 Å². The van der Waals surface area contributed by atoms with Gasteiger partial charge in [-0.25, -0.2) is 9.80 Å². The van der Waals surface area contributed by atoms with Gasteiger partial charge in [0.1, 0.15) is 0 Å². The Morgan fingerprint density at radius 1 is 0.938 bits per heavy atom. The van der Waals surface area contributed by atoms with E-state index in [-0.39, 0.29) is 18.0 Å². The Labute approximate surface area is 189 Å². The molecule has 0 aliphatic carbocycles. The number of likely N-dealkylation sites (N-methyl/N-ethyl adjacent to an activating group) is 1. The molecule has 0 saturated carbocycles. The zero-order valence-corrected chi connectivity index (χ0v) is 19.2. The molecule has 9 nitrogen and oxygen atoms in total. The van der Waals surface area contributed by atoms with Crippen molar-refractivity contribution in [3.05, 3.63) is 23.8 Å². The van der Waals surface area contributed by atoms with Gasteiger partial charge in [0.15, 0.2) is 11.5 Å². The number of nitrogens with zero attached hydrogens (tertiary/aromatic N) is 5. The van der Waals surface area contributed by atoms with Crippen LogP contribution in [0, 0.1) is 0 Å². The molecule has 1 aromatic rings. The number of piperazine rings is 1. The third-order valence-electron chi connectivity index (χ3n) is 6.63. The third kappa shape index (κ3) is 4.67. The number of piperidine rings is 1. The molecular formula is C23H33N5O4. The fourth-order valence-electron chi connectivity index (χ4n) is 4.58. The van der Waals surface area contributed by atoms with Crippen LogP contribution >= 0.6 is 0 Å². The van der Waals surface area contributed by atoms with Gasteiger partial charge in [-0.15, -0.1) is 0 Å². The van der Waals surface area contributed by atoms with E-state index in [1.165, 1.54) is 0 Å². The highest BCUT2D eigenvalue weighted by Crippen LogP contribution is 2.30. The lowest BCUT2D eigenvalue weighted by atomic mass is 10.0. The smallest absolute Gasteiger partial charge is 0.320 e. The summed E-state index contributed by atoms with van der Waals surface area (Å²) >= 11 is 0. The van der Waals surface area contributed by atoms with Gasteiger partial charge in [0, 0.05) is 57.7 Å². The number of likely N-dealkylation sites (tertiary alicyclic amines) is 1. The Kier molecular flexibility index (Phi) is 6.83. The number of carbonyl (C=O) groups is 2. The number of carbonyl (C=O) groups excluding carboxylic acids is 2. The van der Waals surface area contributed by atoms with Crippen molar-refractivity contribution in [2.24, 2.45) is 5.10 Å². The van der Waals surface area contributed by atoms with Crippen molar-refractivity contribution in [3.63, 3.8) is 0 Å². The molecule has 0 radical (unpaired) electrons. The quantitative estimate of drug-likeness (QED) is 0.710. The van der Waals surface area contributed by atoms with Gasteiger partial charge in [-0.05, 0) is 38.1 Å². The molecular weight excluding hydrogens is 410 g/mol. The molecule has 0 unspecified atom stereocenters. The molecule has 0 N–H and O–H groups in total. The molecule has 174 valence electrons. The number of rotatable bonds is 4. The van der Waals surface area contributed by atoms with Gasteiger partial charge in [-0.2, -0.15) is 5.10 Å². The van der Waals surface area contributed by atoms with Crippen LogP contribution in [0.5, 0.6) is 11.5 Å². The first kappa shape index (κ1) is 22.4. The summed E-state index contributed by atoms with van der Waals surface area (Å²) in [6, 6.07) is 5.86.